The molecule has 1 aromatic rings. The third-order valence-corrected chi connectivity index (χ3v) is 20.1. The molecule has 0 saturated heterocycles. The van der Waals surface area contributed by atoms with Crippen LogP contribution in [0.15, 0.2) is 18.3 Å². The molecule has 0 aliphatic carbocycles. The Bertz CT molecular complexity index is 427. The Balaban J connectivity index is 3.09. The first-order valence-corrected chi connectivity index (χ1v) is 16.2. The van der Waals surface area contributed by atoms with Crippen molar-refractivity contribution in [2.45, 2.75) is 72.6 Å². The van der Waals surface area contributed by atoms with Gasteiger partial charge in [-0.1, -0.05) is 0 Å². The van der Waals surface area contributed by atoms with Crippen molar-refractivity contribution in [3.63, 3.8) is 0 Å². The molecule has 0 fully saturated rings. The van der Waals surface area contributed by atoms with E-state index in [0.717, 1.165) is 0 Å². The van der Waals surface area contributed by atoms with E-state index in [-0.39, 0.29) is 5.82 Å². The summed E-state index contributed by atoms with van der Waals surface area (Å²) < 4.78 is 5.50. The van der Waals surface area contributed by atoms with E-state index in [0.29, 0.717) is 0 Å². The van der Waals surface area contributed by atoms with E-state index < -0.39 is 23.3 Å². The number of aromatic nitrogens is 1. The van der Waals surface area contributed by atoms with Crippen LogP contribution in [-0.4, -0.2) is 28.3 Å². The number of hydrogen-bond donors (Lipinski definition) is 0. The van der Waals surface area contributed by atoms with Crippen molar-refractivity contribution in [1.82, 2.24) is 4.98 Å². The Morgan fingerprint density at radius 3 is 1.82 bits per heavy atom. The van der Waals surface area contributed by atoms with Crippen LogP contribution >= 0.6 is 0 Å². The first kappa shape index (κ1) is 19.4. The molecule has 0 amide bonds. The molecular weight excluding hydrogens is 383 g/mol. The van der Waals surface area contributed by atoms with Gasteiger partial charge >= 0.3 is 139 Å². The van der Waals surface area contributed by atoms with Gasteiger partial charge in [0.15, 0.2) is 0 Å². The van der Waals surface area contributed by atoms with E-state index in [1.54, 1.807) is 6.07 Å². The Morgan fingerprint density at radius 2 is 1.50 bits per heavy atom. The summed E-state index contributed by atoms with van der Waals surface area (Å²) in [5, 5.41) is 10.8. The predicted molar refractivity (Wildman–Crippen MR) is 95.4 cm³/mol. The third kappa shape index (κ3) is 5.52. The van der Waals surface area contributed by atoms with Crippen molar-refractivity contribution in [3.8, 4) is 0 Å². The summed E-state index contributed by atoms with van der Waals surface area (Å²) in [6, 6.07) is 3.65. The van der Waals surface area contributed by atoms with Gasteiger partial charge in [-0.15, -0.1) is 0 Å². The van der Waals surface area contributed by atoms with Gasteiger partial charge in [-0.25, -0.2) is 0 Å². The van der Waals surface area contributed by atoms with Crippen LogP contribution in [-0.2, 0) is 0 Å². The topological polar surface area (TPSA) is 56.0 Å². The van der Waals surface area contributed by atoms with Gasteiger partial charge in [-0.3, -0.25) is 0 Å². The molecule has 0 atom stereocenters. The maximum atomic E-state index is 10.8. The maximum absolute atomic E-state index is 10.8. The molecule has 1 rings (SSSR count). The molecule has 0 aromatic carbocycles. The number of hydrogen-bond acceptors (Lipinski definition) is 3. The Labute approximate surface area is 138 Å². The van der Waals surface area contributed by atoms with Gasteiger partial charge in [-0.05, 0) is 0 Å². The van der Waals surface area contributed by atoms with Gasteiger partial charge < -0.3 is 0 Å². The molecule has 5 heteroatoms. The zero-order valence-electron chi connectivity index (χ0n) is 14.3. The van der Waals surface area contributed by atoms with E-state index >= 15 is 0 Å². The minimum atomic E-state index is -2.46. The fourth-order valence-corrected chi connectivity index (χ4v) is 18.8. The van der Waals surface area contributed by atoms with Gasteiger partial charge in [-0.2, -0.15) is 0 Å². The van der Waals surface area contributed by atoms with Gasteiger partial charge in [0, 0.05) is 0 Å². The second kappa shape index (κ2) is 10.2. The molecule has 0 spiro atoms. The second-order valence-corrected chi connectivity index (χ2v) is 19.5. The minimum absolute atomic E-state index is 0.0228. The summed E-state index contributed by atoms with van der Waals surface area (Å²) in [5.74, 6) is -0.0228. The quantitative estimate of drug-likeness (QED) is 0.290. The molecular formula is C17H30N2O2Sn. The first-order chi connectivity index (χ1) is 10.6. The molecule has 22 heavy (non-hydrogen) atoms. The second-order valence-electron chi connectivity index (χ2n) is 6.25. The molecule has 0 unspecified atom stereocenters. The van der Waals surface area contributed by atoms with Crippen LogP contribution in [0.2, 0.25) is 13.3 Å². The van der Waals surface area contributed by atoms with Crippen molar-refractivity contribution < 1.29 is 4.92 Å². The molecule has 1 heterocycles. The molecule has 1 aromatic heterocycles. The van der Waals surface area contributed by atoms with E-state index in [2.05, 4.69) is 25.8 Å². The fourth-order valence-electron chi connectivity index (χ4n) is 3.16. The van der Waals surface area contributed by atoms with Crippen LogP contribution in [0.3, 0.4) is 0 Å². The van der Waals surface area contributed by atoms with Crippen molar-refractivity contribution in [2.24, 2.45) is 0 Å². The number of nitrogens with zero attached hydrogens (tertiary/aromatic N) is 2. The molecule has 0 saturated carbocycles. The van der Waals surface area contributed by atoms with Crippen molar-refractivity contribution in [3.05, 3.63) is 28.4 Å². The molecule has 124 valence electrons. The van der Waals surface area contributed by atoms with E-state index in [1.807, 2.05) is 12.3 Å². The SMILES string of the molecule is CCC[CH2][Sn]([CH2]CCC)([CH2]CCC)[c]1ccc([N+](=O)[O-])nc1. The molecule has 4 nitrogen and oxygen atoms in total. The van der Waals surface area contributed by atoms with E-state index in [4.69, 9.17) is 0 Å². The Hall–Kier alpha value is -0.651. The Morgan fingerprint density at radius 1 is 1.00 bits per heavy atom. The van der Waals surface area contributed by atoms with Gasteiger partial charge in [0.2, 0.25) is 0 Å². The summed E-state index contributed by atoms with van der Waals surface area (Å²) in [5.41, 5.74) is 0. The fraction of sp³-hybridized carbons (Fsp3) is 0.706. The first-order valence-electron chi connectivity index (χ1n) is 8.70. The molecule has 0 N–H and O–H groups in total. The van der Waals surface area contributed by atoms with E-state index in [9.17, 15) is 10.1 Å². The van der Waals surface area contributed by atoms with E-state index in [1.165, 1.54) is 55.4 Å². The Kier molecular flexibility index (Phi) is 8.98. The van der Waals surface area contributed by atoms with Crippen molar-refractivity contribution >= 4 is 27.8 Å². The number of unbranched alkanes of at least 4 members (excludes halogenated alkanes) is 3. The average molecular weight is 413 g/mol. The molecule has 0 aliphatic rings. The van der Waals surface area contributed by atoms with Crippen LogP contribution < -0.4 is 3.58 Å². The molecule has 0 aliphatic heterocycles. The summed E-state index contributed by atoms with van der Waals surface area (Å²) in [7, 11) is 0. The number of rotatable bonds is 11. The van der Waals surface area contributed by atoms with Crippen LogP contribution in [0, 0.1) is 10.1 Å². The van der Waals surface area contributed by atoms with Crippen LogP contribution in [0.25, 0.3) is 0 Å². The summed E-state index contributed by atoms with van der Waals surface area (Å²) in [6.07, 6.45) is 9.42. The van der Waals surface area contributed by atoms with Gasteiger partial charge in [0.1, 0.15) is 0 Å². The summed E-state index contributed by atoms with van der Waals surface area (Å²) in [6.45, 7) is 6.76. The summed E-state index contributed by atoms with van der Waals surface area (Å²) >= 11 is -2.46. The van der Waals surface area contributed by atoms with Gasteiger partial charge in [0.05, 0.1) is 0 Å². The zero-order chi connectivity index (χ0) is 16.4. The van der Waals surface area contributed by atoms with Crippen LogP contribution in [0.1, 0.15) is 59.3 Å². The zero-order valence-corrected chi connectivity index (χ0v) is 17.2. The summed E-state index contributed by atoms with van der Waals surface area (Å²) in [4.78, 5) is 14.6. The number of pyridine rings is 1. The van der Waals surface area contributed by atoms with Crippen LogP contribution in [0.4, 0.5) is 5.82 Å². The van der Waals surface area contributed by atoms with Crippen LogP contribution in [0.5, 0.6) is 0 Å². The van der Waals surface area contributed by atoms with Gasteiger partial charge in [0.25, 0.3) is 0 Å². The normalized spacial score (nSPS) is 11.6. The third-order valence-electron chi connectivity index (χ3n) is 4.57. The molecule has 0 radical (unpaired) electrons. The number of nitro groups is 1. The monoisotopic (exact) mass is 414 g/mol. The standard InChI is InChI=1S/C5H3N2O2.3C4H9.Sn/c8-7(9)5-3-1-2-4-6-5;3*1-3-4-2;/h1,3-4H;3*1,3-4H2,2H3;. The van der Waals surface area contributed by atoms with Crippen molar-refractivity contribution in [1.29, 1.82) is 0 Å². The predicted octanol–water partition coefficient (Wildman–Crippen LogP) is 5.05. The van der Waals surface area contributed by atoms with Crippen molar-refractivity contribution in [2.75, 3.05) is 0 Å². The average Bonchev–Trinajstić information content (AvgIpc) is 2.54. The molecule has 0 bridgehead atoms.